The van der Waals surface area contributed by atoms with Crippen molar-refractivity contribution in [3.63, 3.8) is 0 Å². The van der Waals surface area contributed by atoms with E-state index in [0.29, 0.717) is 28.9 Å². The average Bonchev–Trinajstić information content (AvgIpc) is 3.17. The van der Waals surface area contributed by atoms with Gasteiger partial charge < -0.3 is 19.9 Å². The second-order valence-corrected chi connectivity index (χ2v) is 11.3. The first-order valence-electron chi connectivity index (χ1n) is 13.3. The molecule has 6 atom stereocenters. The largest absolute Gasteiger partial charge is 0.508 e. The number of benzene rings is 2. The number of methoxy groups -OCH3 is 1. The van der Waals surface area contributed by atoms with Crippen molar-refractivity contribution in [3.8, 4) is 17.2 Å². The molecule has 184 valence electrons. The number of fused-ring (bicyclic) bond motifs is 5. The lowest BCUT2D eigenvalue weighted by Crippen LogP contribution is -2.46. The predicted octanol–water partition coefficient (Wildman–Crippen LogP) is 6.31. The van der Waals surface area contributed by atoms with Crippen molar-refractivity contribution >= 4 is 0 Å². The van der Waals surface area contributed by atoms with Crippen molar-refractivity contribution in [2.24, 2.45) is 29.1 Å². The van der Waals surface area contributed by atoms with Gasteiger partial charge in [0.1, 0.15) is 5.75 Å². The number of hydrogen-bond acceptors (Lipinski definition) is 4. The molecule has 0 spiro atoms. The van der Waals surface area contributed by atoms with Gasteiger partial charge in [0, 0.05) is 6.54 Å². The molecule has 4 nitrogen and oxygen atoms in total. The Hall–Kier alpha value is -2.20. The summed E-state index contributed by atoms with van der Waals surface area (Å²) >= 11 is 0. The zero-order valence-corrected chi connectivity index (χ0v) is 21.3. The first-order valence-corrected chi connectivity index (χ1v) is 13.3. The fourth-order valence-corrected chi connectivity index (χ4v) is 7.75. The van der Waals surface area contributed by atoms with Crippen molar-refractivity contribution in [2.45, 2.75) is 65.3 Å². The molecule has 0 saturated heterocycles. The van der Waals surface area contributed by atoms with Gasteiger partial charge >= 0.3 is 0 Å². The van der Waals surface area contributed by atoms with Gasteiger partial charge in [-0.05, 0) is 115 Å². The second kappa shape index (κ2) is 9.45. The molecule has 0 radical (unpaired) electrons. The summed E-state index contributed by atoms with van der Waals surface area (Å²) < 4.78 is 12.1. The van der Waals surface area contributed by atoms with Gasteiger partial charge in [0.15, 0.2) is 11.5 Å². The molecule has 2 N–H and O–H groups in total. The molecule has 2 fully saturated rings. The average molecular weight is 464 g/mol. The molecule has 3 aliphatic carbocycles. The van der Waals surface area contributed by atoms with Crippen LogP contribution in [0.25, 0.3) is 0 Å². The highest BCUT2D eigenvalue weighted by atomic mass is 16.5. The molecule has 0 aliphatic heterocycles. The van der Waals surface area contributed by atoms with Gasteiger partial charge in [-0.3, -0.25) is 0 Å². The zero-order chi connectivity index (χ0) is 23.9. The molecular formula is C30H41NO3. The molecule has 0 bridgehead atoms. The van der Waals surface area contributed by atoms with E-state index in [2.05, 4.69) is 50.4 Å². The lowest BCUT2D eigenvalue weighted by molar-refractivity contribution is -0.00591. The normalized spacial score (nSPS) is 31.9. The number of aromatic hydroxyl groups is 1. The Morgan fingerprint density at radius 2 is 1.94 bits per heavy atom. The van der Waals surface area contributed by atoms with Crippen LogP contribution in [0.1, 0.15) is 69.1 Å². The van der Waals surface area contributed by atoms with Gasteiger partial charge in [-0.1, -0.05) is 32.9 Å². The minimum atomic E-state index is 0.335. The number of nitrogens with one attached hydrogen (secondary N) is 1. The summed E-state index contributed by atoms with van der Waals surface area (Å²) in [7, 11) is 1.73. The Morgan fingerprint density at radius 3 is 2.74 bits per heavy atom. The highest BCUT2D eigenvalue weighted by Gasteiger charge is 2.56. The number of phenolic OH excluding ortho intramolecular Hbond substituents is 1. The number of ether oxygens (including phenoxy) is 2. The first-order chi connectivity index (χ1) is 16.4. The Balaban J connectivity index is 1.31. The Morgan fingerprint density at radius 1 is 1.09 bits per heavy atom. The Kier molecular flexibility index (Phi) is 6.54. The standard InChI is InChI=1S/C30H41NO3/c1-5-31-17-20-6-11-27(28(15-20)33-4)34-18-22-7-10-26-29-19(2)14-21-16-23(32)8-9-24(21)25(29)12-13-30(22,26)3/h6,8-9,11,15-16,19,22,25-26,29,31-32H,5,7,10,12-14,17-18H2,1-4H3/t19?,22?,25?,26?,29?,30-/m1/s1. The lowest BCUT2D eigenvalue weighted by atomic mass is 9.52. The molecule has 0 amide bonds. The maximum atomic E-state index is 10.0. The summed E-state index contributed by atoms with van der Waals surface area (Å²) in [6.45, 7) is 9.68. The third-order valence-electron chi connectivity index (χ3n) is 9.50. The van der Waals surface area contributed by atoms with E-state index in [9.17, 15) is 5.11 Å². The second-order valence-electron chi connectivity index (χ2n) is 11.3. The molecule has 5 rings (SSSR count). The maximum absolute atomic E-state index is 10.0. The summed E-state index contributed by atoms with van der Waals surface area (Å²) in [5, 5.41) is 13.4. The van der Waals surface area contributed by atoms with E-state index in [1.54, 1.807) is 7.11 Å². The minimum absolute atomic E-state index is 0.335. The van der Waals surface area contributed by atoms with E-state index in [4.69, 9.17) is 9.47 Å². The van der Waals surface area contributed by atoms with Gasteiger partial charge in [0.05, 0.1) is 13.7 Å². The Bertz CT molecular complexity index is 1020. The topological polar surface area (TPSA) is 50.7 Å². The van der Waals surface area contributed by atoms with Crippen LogP contribution in [-0.4, -0.2) is 25.4 Å². The Labute approximate surface area is 205 Å². The van der Waals surface area contributed by atoms with Crippen LogP contribution in [0.5, 0.6) is 17.2 Å². The van der Waals surface area contributed by atoms with Crippen LogP contribution >= 0.6 is 0 Å². The number of rotatable bonds is 7. The monoisotopic (exact) mass is 463 g/mol. The van der Waals surface area contributed by atoms with E-state index in [-0.39, 0.29) is 0 Å². The molecule has 5 unspecified atom stereocenters. The molecule has 2 saturated carbocycles. The summed E-state index contributed by atoms with van der Waals surface area (Å²) in [6.07, 6.45) is 6.16. The molecule has 2 aromatic carbocycles. The number of hydrogen-bond donors (Lipinski definition) is 2. The van der Waals surface area contributed by atoms with Crippen LogP contribution in [-0.2, 0) is 13.0 Å². The van der Waals surface area contributed by atoms with E-state index in [1.807, 2.05) is 12.1 Å². The molecule has 4 heteroatoms. The third kappa shape index (κ3) is 4.08. The van der Waals surface area contributed by atoms with Gasteiger partial charge in [-0.2, -0.15) is 0 Å². The van der Waals surface area contributed by atoms with Crippen molar-refractivity contribution in [1.82, 2.24) is 5.32 Å². The highest BCUT2D eigenvalue weighted by molar-refractivity contribution is 5.43. The molecule has 2 aromatic rings. The van der Waals surface area contributed by atoms with Gasteiger partial charge in [-0.25, -0.2) is 0 Å². The SMILES string of the molecule is CCNCc1ccc(OCC2CCC3C4C(C)Cc5cc(O)ccc5C4CC[C@]23C)c(OC)c1. The van der Waals surface area contributed by atoms with Crippen molar-refractivity contribution in [1.29, 1.82) is 0 Å². The summed E-state index contributed by atoms with van der Waals surface area (Å²) in [4.78, 5) is 0. The van der Waals surface area contributed by atoms with Crippen LogP contribution in [0.4, 0.5) is 0 Å². The fraction of sp³-hybridized carbons (Fsp3) is 0.600. The summed E-state index contributed by atoms with van der Waals surface area (Å²) in [5.41, 5.74) is 4.43. The van der Waals surface area contributed by atoms with Gasteiger partial charge in [-0.15, -0.1) is 0 Å². The fourth-order valence-electron chi connectivity index (χ4n) is 7.75. The summed E-state index contributed by atoms with van der Waals surface area (Å²) in [5.74, 6) is 5.48. The van der Waals surface area contributed by atoms with E-state index in [0.717, 1.165) is 49.5 Å². The summed E-state index contributed by atoms with van der Waals surface area (Å²) in [6, 6.07) is 12.4. The maximum Gasteiger partial charge on any atom is 0.161 e. The predicted molar refractivity (Wildman–Crippen MR) is 137 cm³/mol. The van der Waals surface area contributed by atoms with Crippen LogP contribution in [0.3, 0.4) is 0 Å². The molecule has 0 heterocycles. The first kappa shape index (κ1) is 23.5. The van der Waals surface area contributed by atoms with Crippen LogP contribution in [0.15, 0.2) is 36.4 Å². The van der Waals surface area contributed by atoms with Crippen molar-refractivity contribution in [3.05, 3.63) is 53.1 Å². The quantitative estimate of drug-likeness (QED) is 0.505. The molecule has 3 aliphatic rings. The van der Waals surface area contributed by atoms with Crippen molar-refractivity contribution in [2.75, 3.05) is 20.3 Å². The molecule has 0 aromatic heterocycles. The van der Waals surface area contributed by atoms with E-state index >= 15 is 0 Å². The molecule has 34 heavy (non-hydrogen) atoms. The van der Waals surface area contributed by atoms with Crippen LogP contribution in [0, 0.1) is 29.1 Å². The van der Waals surface area contributed by atoms with E-state index < -0.39 is 0 Å². The van der Waals surface area contributed by atoms with Gasteiger partial charge in [0.2, 0.25) is 0 Å². The number of phenols is 1. The van der Waals surface area contributed by atoms with E-state index in [1.165, 1.54) is 42.4 Å². The smallest absolute Gasteiger partial charge is 0.161 e. The minimum Gasteiger partial charge on any atom is -0.508 e. The third-order valence-corrected chi connectivity index (χ3v) is 9.50. The van der Waals surface area contributed by atoms with Crippen LogP contribution in [0.2, 0.25) is 0 Å². The van der Waals surface area contributed by atoms with Gasteiger partial charge in [0.25, 0.3) is 0 Å². The van der Waals surface area contributed by atoms with Crippen molar-refractivity contribution < 1.29 is 14.6 Å². The highest BCUT2D eigenvalue weighted by Crippen LogP contribution is 2.64. The zero-order valence-electron chi connectivity index (χ0n) is 21.3. The van der Waals surface area contributed by atoms with Crippen LogP contribution < -0.4 is 14.8 Å². The lowest BCUT2D eigenvalue weighted by Gasteiger charge is -2.53. The molecular weight excluding hydrogens is 422 g/mol.